The highest BCUT2D eigenvalue weighted by Crippen LogP contribution is 2.42. The third kappa shape index (κ3) is 2.30. The summed E-state index contributed by atoms with van der Waals surface area (Å²) in [6.07, 6.45) is 4.95. The van der Waals surface area contributed by atoms with E-state index in [1.54, 1.807) is 0 Å². The van der Waals surface area contributed by atoms with E-state index in [1.807, 2.05) is 0 Å². The van der Waals surface area contributed by atoms with E-state index in [0.29, 0.717) is 12.6 Å². The van der Waals surface area contributed by atoms with Crippen LogP contribution in [0.2, 0.25) is 0 Å². The molecule has 1 aromatic carbocycles. The first kappa shape index (κ1) is 12.2. The van der Waals surface area contributed by atoms with Gasteiger partial charge in [0.2, 0.25) is 0 Å². The number of hydrogen-bond acceptors (Lipinski definition) is 3. The van der Waals surface area contributed by atoms with Crippen LogP contribution < -0.4 is 16.8 Å². The van der Waals surface area contributed by atoms with Gasteiger partial charge in [0.1, 0.15) is 0 Å². The monoisotopic (exact) mass is 245 g/mol. The summed E-state index contributed by atoms with van der Waals surface area (Å²) in [6, 6.07) is 7.33. The van der Waals surface area contributed by atoms with Crippen LogP contribution in [-0.2, 0) is 6.54 Å². The molecule has 1 aliphatic heterocycles. The van der Waals surface area contributed by atoms with E-state index in [4.69, 9.17) is 11.5 Å². The summed E-state index contributed by atoms with van der Waals surface area (Å²) in [5.74, 6) is 0.769. The zero-order chi connectivity index (χ0) is 12.5. The Hall–Kier alpha value is -0.900. The van der Waals surface area contributed by atoms with E-state index in [2.05, 4.69) is 23.5 Å². The molecular weight excluding hydrogens is 222 g/mol. The number of rotatable bonds is 3. The molecule has 3 heteroatoms. The molecule has 2 unspecified atom stereocenters. The minimum absolute atomic E-state index is 0.233. The van der Waals surface area contributed by atoms with Crippen molar-refractivity contribution in [1.29, 1.82) is 0 Å². The smallest absolute Gasteiger partial charge is 0.0473 e. The lowest BCUT2D eigenvalue weighted by molar-refractivity contribution is 0.358. The molecule has 0 bridgehead atoms. The molecule has 1 heterocycles. The molecule has 98 valence electrons. The molecule has 2 fully saturated rings. The Labute approximate surface area is 109 Å². The molecule has 0 spiro atoms. The SMILES string of the molecule is NCc1cc(C2NCCCC2N)ccc1C1CC1. The van der Waals surface area contributed by atoms with Gasteiger partial charge in [-0.1, -0.05) is 18.2 Å². The Morgan fingerprint density at radius 2 is 2.06 bits per heavy atom. The van der Waals surface area contributed by atoms with E-state index < -0.39 is 0 Å². The highest BCUT2D eigenvalue weighted by Gasteiger charge is 2.27. The van der Waals surface area contributed by atoms with Gasteiger partial charge in [-0.05, 0) is 54.8 Å². The summed E-state index contributed by atoms with van der Waals surface area (Å²) in [5.41, 5.74) is 16.2. The van der Waals surface area contributed by atoms with E-state index in [1.165, 1.54) is 36.0 Å². The van der Waals surface area contributed by atoms with Gasteiger partial charge < -0.3 is 16.8 Å². The quantitative estimate of drug-likeness (QED) is 0.760. The number of hydrogen-bond donors (Lipinski definition) is 3. The molecule has 3 nitrogen and oxygen atoms in total. The zero-order valence-corrected chi connectivity index (χ0v) is 10.9. The van der Waals surface area contributed by atoms with Crippen LogP contribution >= 0.6 is 0 Å². The van der Waals surface area contributed by atoms with Crippen molar-refractivity contribution in [3.05, 3.63) is 34.9 Å². The lowest BCUT2D eigenvalue weighted by Crippen LogP contribution is -2.42. The largest absolute Gasteiger partial charge is 0.326 e. The maximum atomic E-state index is 6.22. The highest BCUT2D eigenvalue weighted by molar-refractivity contribution is 5.38. The molecule has 0 radical (unpaired) electrons. The maximum absolute atomic E-state index is 6.22. The minimum atomic E-state index is 0.233. The Morgan fingerprint density at radius 1 is 1.22 bits per heavy atom. The predicted octanol–water partition coefficient (Wildman–Crippen LogP) is 1.77. The fourth-order valence-electron chi connectivity index (χ4n) is 3.07. The first-order chi connectivity index (χ1) is 8.79. The van der Waals surface area contributed by atoms with Crippen molar-refractivity contribution in [1.82, 2.24) is 5.32 Å². The van der Waals surface area contributed by atoms with Crippen molar-refractivity contribution < 1.29 is 0 Å². The van der Waals surface area contributed by atoms with Crippen molar-refractivity contribution in [2.75, 3.05) is 6.54 Å². The van der Waals surface area contributed by atoms with Crippen LogP contribution in [0.25, 0.3) is 0 Å². The van der Waals surface area contributed by atoms with Crippen LogP contribution in [0.3, 0.4) is 0 Å². The minimum Gasteiger partial charge on any atom is -0.326 e. The Morgan fingerprint density at radius 3 is 2.72 bits per heavy atom. The lowest BCUT2D eigenvalue weighted by atomic mass is 9.90. The summed E-state index contributed by atoms with van der Waals surface area (Å²) in [4.78, 5) is 0. The van der Waals surface area contributed by atoms with Crippen molar-refractivity contribution in [3.8, 4) is 0 Å². The standard InChI is InChI=1S/C15H23N3/c16-9-12-8-11(5-6-13(12)10-3-4-10)15-14(17)2-1-7-18-15/h5-6,8,10,14-15,18H,1-4,7,9,16-17H2. The summed E-state index contributed by atoms with van der Waals surface area (Å²) in [7, 11) is 0. The van der Waals surface area contributed by atoms with Crippen LogP contribution in [0.4, 0.5) is 0 Å². The van der Waals surface area contributed by atoms with Gasteiger partial charge in [-0.25, -0.2) is 0 Å². The Bertz CT molecular complexity index is 426. The highest BCUT2D eigenvalue weighted by atomic mass is 15.0. The number of nitrogens with one attached hydrogen (secondary N) is 1. The fraction of sp³-hybridized carbons (Fsp3) is 0.600. The van der Waals surface area contributed by atoms with Crippen molar-refractivity contribution in [2.45, 2.75) is 50.2 Å². The molecule has 5 N–H and O–H groups in total. The number of nitrogens with two attached hydrogens (primary N) is 2. The van der Waals surface area contributed by atoms with Crippen molar-refractivity contribution >= 4 is 0 Å². The molecule has 0 amide bonds. The summed E-state index contributed by atoms with van der Waals surface area (Å²) in [5, 5.41) is 3.53. The second-order valence-corrected chi connectivity index (χ2v) is 5.67. The second kappa shape index (κ2) is 5.00. The molecule has 1 saturated heterocycles. The Balaban J connectivity index is 1.87. The molecule has 2 aliphatic rings. The topological polar surface area (TPSA) is 64.1 Å². The van der Waals surface area contributed by atoms with Crippen LogP contribution in [0, 0.1) is 0 Å². The number of benzene rings is 1. The summed E-state index contributed by atoms with van der Waals surface area (Å²) < 4.78 is 0. The molecule has 2 atom stereocenters. The third-order valence-corrected chi connectivity index (χ3v) is 4.27. The maximum Gasteiger partial charge on any atom is 0.0473 e. The second-order valence-electron chi connectivity index (χ2n) is 5.67. The van der Waals surface area contributed by atoms with Crippen LogP contribution in [0.1, 0.15) is 54.3 Å². The van der Waals surface area contributed by atoms with E-state index >= 15 is 0 Å². The zero-order valence-electron chi connectivity index (χ0n) is 10.9. The molecule has 1 saturated carbocycles. The van der Waals surface area contributed by atoms with Gasteiger partial charge in [0.05, 0.1) is 0 Å². The van der Waals surface area contributed by atoms with Gasteiger partial charge in [-0.2, -0.15) is 0 Å². The molecular formula is C15H23N3. The molecule has 1 aromatic rings. The molecule has 1 aliphatic carbocycles. The van der Waals surface area contributed by atoms with Crippen LogP contribution in [0.5, 0.6) is 0 Å². The average molecular weight is 245 g/mol. The van der Waals surface area contributed by atoms with Crippen LogP contribution in [-0.4, -0.2) is 12.6 Å². The van der Waals surface area contributed by atoms with Gasteiger partial charge in [0, 0.05) is 18.6 Å². The van der Waals surface area contributed by atoms with Gasteiger partial charge >= 0.3 is 0 Å². The van der Waals surface area contributed by atoms with Gasteiger partial charge in [-0.15, -0.1) is 0 Å². The molecule has 3 rings (SSSR count). The predicted molar refractivity (Wildman–Crippen MR) is 74.3 cm³/mol. The normalized spacial score (nSPS) is 28.3. The first-order valence-corrected chi connectivity index (χ1v) is 7.11. The van der Waals surface area contributed by atoms with Crippen molar-refractivity contribution in [2.24, 2.45) is 11.5 Å². The lowest BCUT2D eigenvalue weighted by Gasteiger charge is -2.30. The van der Waals surface area contributed by atoms with Crippen LogP contribution in [0.15, 0.2) is 18.2 Å². The van der Waals surface area contributed by atoms with Gasteiger partial charge in [-0.3, -0.25) is 0 Å². The Kier molecular flexibility index (Phi) is 3.37. The fourth-order valence-corrected chi connectivity index (χ4v) is 3.07. The van der Waals surface area contributed by atoms with Crippen molar-refractivity contribution in [3.63, 3.8) is 0 Å². The third-order valence-electron chi connectivity index (χ3n) is 4.27. The van der Waals surface area contributed by atoms with E-state index in [-0.39, 0.29) is 6.04 Å². The van der Waals surface area contributed by atoms with E-state index in [0.717, 1.165) is 18.9 Å². The molecule has 18 heavy (non-hydrogen) atoms. The first-order valence-electron chi connectivity index (χ1n) is 7.11. The summed E-state index contributed by atoms with van der Waals surface area (Å²) >= 11 is 0. The average Bonchev–Trinajstić information content (AvgIpc) is 3.23. The van der Waals surface area contributed by atoms with E-state index in [9.17, 15) is 0 Å². The summed E-state index contributed by atoms with van der Waals surface area (Å²) in [6.45, 7) is 1.71. The number of piperidine rings is 1. The molecule has 0 aromatic heterocycles. The van der Waals surface area contributed by atoms with Gasteiger partial charge in [0.25, 0.3) is 0 Å². The van der Waals surface area contributed by atoms with Gasteiger partial charge in [0.15, 0.2) is 0 Å².